The second-order valence-corrected chi connectivity index (χ2v) is 7.38. The summed E-state index contributed by atoms with van der Waals surface area (Å²) in [6.45, 7) is 2.06. The minimum absolute atomic E-state index is 0.000750. The summed E-state index contributed by atoms with van der Waals surface area (Å²) in [6, 6.07) is 9.51. The van der Waals surface area contributed by atoms with Crippen LogP contribution in [-0.4, -0.2) is 82.1 Å². The van der Waals surface area contributed by atoms with Gasteiger partial charge in [-0.3, -0.25) is 14.5 Å². The summed E-state index contributed by atoms with van der Waals surface area (Å²) in [7, 11) is 0. The Balaban J connectivity index is 1.66. The molecule has 8 heteroatoms. The van der Waals surface area contributed by atoms with E-state index in [-0.39, 0.29) is 24.0 Å². The Labute approximate surface area is 181 Å². The van der Waals surface area contributed by atoms with Crippen LogP contribution in [0.2, 0.25) is 0 Å². The summed E-state index contributed by atoms with van der Waals surface area (Å²) < 4.78 is 0. The monoisotopic (exact) mass is 424 g/mol. The first-order chi connectivity index (χ1) is 15.1. The number of benzene rings is 1. The molecule has 1 atom stereocenters. The molecule has 3 rings (SSSR count). The van der Waals surface area contributed by atoms with Crippen LogP contribution in [0.1, 0.15) is 28.8 Å². The van der Waals surface area contributed by atoms with Crippen LogP contribution in [0.15, 0.2) is 48.8 Å². The van der Waals surface area contributed by atoms with E-state index in [2.05, 4.69) is 14.9 Å². The largest absolute Gasteiger partial charge is 0.396 e. The SMILES string of the molecule is O=C(CO)c1cnc(N2CCN(C(/C=C/c3ccccc3)C(=O)CCCO)CC2)nc1. The molecule has 0 bridgehead atoms. The summed E-state index contributed by atoms with van der Waals surface area (Å²) in [5, 5.41) is 18.0. The molecule has 1 aromatic heterocycles. The van der Waals surface area contributed by atoms with E-state index in [1.54, 1.807) is 0 Å². The van der Waals surface area contributed by atoms with E-state index in [0.717, 1.165) is 5.56 Å². The van der Waals surface area contributed by atoms with Crippen molar-refractivity contribution in [2.75, 3.05) is 44.3 Å². The predicted octanol–water partition coefficient (Wildman–Crippen LogP) is 1.20. The van der Waals surface area contributed by atoms with Crippen LogP contribution in [0.5, 0.6) is 0 Å². The van der Waals surface area contributed by atoms with Crippen molar-refractivity contribution in [3.63, 3.8) is 0 Å². The number of rotatable bonds is 10. The quantitative estimate of drug-likeness (QED) is 0.548. The van der Waals surface area contributed by atoms with Gasteiger partial charge in [0.25, 0.3) is 0 Å². The number of carbonyl (C=O) groups excluding carboxylic acids is 2. The fraction of sp³-hybridized carbons (Fsp3) is 0.391. The molecule has 0 saturated carbocycles. The standard InChI is InChI=1S/C23H28N4O4/c28-14-4-7-21(30)20(9-8-18-5-2-1-3-6-18)26-10-12-27(13-11-26)23-24-15-19(16-25-23)22(31)17-29/h1-3,5-6,8-9,15-16,20,28-29H,4,7,10-14,17H2/b9-8+. The molecular formula is C23H28N4O4. The molecule has 0 spiro atoms. The minimum Gasteiger partial charge on any atom is -0.396 e. The summed E-state index contributed by atoms with van der Waals surface area (Å²) in [5.74, 6) is 0.209. The highest BCUT2D eigenvalue weighted by Crippen LogP contribution is 2.16. The van der Waals surface area contributed by atoms with E-state index in [0.29, 0.717) is 45.0 Å². The van der Waals surface area contributed by atoms with E-state index < -0.39 is 12.4 Å². The third-order valence-electron chi connectivity index (χ3n) is 5.28. The van der Waals surface area contributed by atoms with E-state index in [1.807, 2.05) is 47.4 Å². The van der Waals surface area contributed by atoms with Gasteiger partial charge >= 0.3 is 0 Å². The fourth-order valence-corrected chi connectivity index (χ4v) is 3.52. The molecular weight excluding hydrogens is 396 g/mol. The highest BCUT2D eigenvalue weighted by atomic mass is 16.3. The number of aliphatic hydroxyl groups excluding tert-OH is 2. The van der Waals surface area contributed by atoms with Gasteiger partial charge in [0.05, 0.1) is 11.6 Å². The molecule has 164 valence electrons. The van der Waals surface area contributed by atoms with Crippen molar-refractivity contribution >= 4 is 23.6 Å². The van der Waals surface area contributed by atoms with Gasteiger partial charge in [0.1, 0.15) is 6.61 Å². The van der Waals surface area contributed by atoms with Gasteiger partial charge in [0.2, 0.25) is 5.95 Å². The lowest BCUT2D eigenvalue weighted by molar-refractivity contribution is -0.123. The zero-order chi connectivity index (χ0) is 22.1. The molecule has 2 heterocycles. The Hall–Kier alpha value is -2.94. The predicted molar refractivity (Wildman–Crippen MR) is 118 cm³/mol. The lowest BCUT2D eigenvalue weighted by atomic mass is 10.0. The number of hydrogen-bond acceptors (Lipinski definition) is 8. The lowest BCUT2D eigenvalue weighted by Gasteiger charge is -2.37. The summed E-state index contributed by atoms with van der Waals surface area (Å²) in [4.78, 5) is 37.0. The van der Waals surface area contributed by atoms with Crippen molar-refractivity contribution in [2.45, 2.75) is 18.9 Å². The van der Waals surface area contributed by atoms with E-state index >= 15 is 0 Å². The molecule has 2 aromatic rings. The average molecular weight is 425 g/mol. The second kappa shape index (κ2) is 11.5. The van der Waals surface area contributed by atoms with Gasteiger partial charge in [-0.2, -0.15) is 0 Å². The Morgan fingerprint density at radius 2 is 1.71 bits per heavy atom. The number of carbonyl (C=O) groups is 2. The van der Waals surface area contributed by atoms with E-state index in [4.69, 9.17) is 10.2 Å². The van der Waals surface area contributed by atoms with Crippen molar-refractivity contribution in [1.29, 1.82) is 0 Å². The number of anilines is 1. The van der Waals surface area contributed by atoms with Gasteiger partial charge in [-0.1, -0.05) is 42.5 Å². The Bertz CT molecular complexity index is 878. The van der Waals surface area contributed by atoms with Crippen LogP contribution in [0, 0.1) is 0 Å². The van der Waals surface area contributed by atoms with Crippen LogP contribution < -0.4 is 4.90 Å². The molecule has 0 aliphatic carbocycles. The second-order valence-electron chi connectivity index (χ2n) is 7.38. The smallest absolute Gasteiger partial charge is 0.225 e. The molecule has 0 amide bonds. The lowest BCUT2D eigenvalue weighted by Crippen LogP contribution is -2.52. The first-order valence-corrected chi connectivity index (χ1v) is 10.4. The highest BCUT2D eigenvalue weighted by molar-refractivity contribution is 5.96. The van der Waals surface area contributed by atoms with Crippen LogP contribution in [0.3, 0.4) is 0 Å². The molecule has 1 aliphatic rings. The van der Waals surface area contributed by atoms with Gasteiger partial charge in [-0.25, -0.2) is 9.97 Å². The van der Waals surface area contributed by atoms with Gasteiger partial charge in [-0.15, -0.1) is 0 Å². The zero-order valence-electron chi connectivity index (χ0n) is 17.4. The number of ketones is 2. The van der Waals surface area contributed by atoms with Crippen LogP contribution in [0.25, 0.3) is 6.08 Å². The minimum atomic E-state index is -0.566. The maximum absolute atomic E-state index is 12.8. The van der Waals surface area contributed by atoms with E-state index in [9.17, 15) is 9.59 Å². The first-order valence-electron chi connectivity index (χ1n) is 10.4. The number of aliphatic hydroxyl groups is 2. The van der Waals surface area contributed by atoms with Crippen molar-refractivity contribution in [2.24, 2.45) is 0 Å². The maximum atomic E-state index is 12.8. The van der Waals surface area contributed by atoms with Gasteiger partial charge in [-0.05, 0) is 12.0 Å². The highest BCUT2D eigenvalue weighted by Gasteiger charge is 2.27. The zero-order valence-corrected chi connectivity index (χ0v) is 17.4. The normalized spacial score (nSPS) is 15.9. The number of aromatic nitrogens is 2. The number of piperazine rings is 1. The van der Waals surface area contributed by atoms with Crippen molar-refractivity contribution in [1.82, 2.24) is 14.9 Å². The molecule has 1 aliphatic heterocycles. The molecule has 31 heavy (non-hydrogen) atoms. The molecule has 2 N–H and O–H groups in total. The van der Waals surface area contributed by atoms with E-state index in [1.165, 1.54) is 12.4 Å². The molecule has 1 unspecified atom stereocenters. The molecule has 1 saturated heterocycles. The van der Waals surface area contributed by atoms with Gasteiger partial charge in [0.15, 0.2) is 11.6 Å². The third kappa shape index (κ3) is 6.27. The Morgan fingerprint density at radius 3 is 2.32 bits per heavy atom. The maximum Gasteiger partial charge on any atom is 0.225 e. The van der Waals surface area contributed by atoms with Gasteiger partial charge in [0, 0.05) is 51.6 Å². The topological polar surface area (TPSA) is 107 Å². The molecule has 1 fully saturated rings. The van der Waals surface area contributed by atoms with Crippen molar-refractivity contribution < 1.29 is 19.8 Å². The average Bonchev–Trinajstić information content (AvgIpc) is 2.83. The number of hydrogen-bond donors (Lipinski definition) is 2. The van der Waals surface area contributed by atoms with Crippen LogP contribution >= 0.6 is 0 Å². The van der Waals surface area contributed by atoms with Crippen molar-refractivity contribution in [3.8, 4) is 0 Å². The molecule has 0 radical (unpaired) electrons. The summed E-state index contributed by atoms with van der Waals surface area (Å²) in [5.41, 5.74) is 1.32. The molecule has 1 aromatic carbocycles. The van der Waals surface area contributed by atoms with Crippen LogP contribution in [-0.2, 0) is 4.79 Å². The third-order valence-corrected chi connectivity index (χ3v) is 5.28. The first kappa shape index (κ1) is 22.7. The number of nitrogens with zero attached hydrogens (tertiary/aromatic N) is 4. The summed E-state index contributed by atoms with van der Waals surface area (Å²) in [6.07, 6.45) is 7.56. The number of Topliss-reactive ketones (excluding diaryl/α,β-unsaturated/α-hetero) is 2. The molecule has 8 nitrogen and oxygen atoms in total. The Morgan fingerprint density at radius 1 is 1.03 bits per heavy atom. The van der Waals surface area contributed by atoms with Crippen molar-refractivity contribution in [3.05, 3.63) is 59.9 Å². The Kier molecular flexibility index (Phi) is 8.40. The fourth-order valence-electron chi connectivity index (χ4n) is 3.52. The van der Waals surface area contributed by atoms with Gasteiger partial charge < -0.3 is 15.1 Å². The summed E-state index contributed by atoms with van der Waals surface area (Å²) >= 11 is 0. The van der Waals surface area contributed by atoms with Crippen LogP contribution in [0.4, 0.5) is 5.95 Å².